The van der Waals surface area contributed by atoms with Crippen LogP contribution in [0.3, 0.4) is 0 Å². The summed E-state index contributed by atoms with van der Waals surface area (Å²) in [6.45, 7) is 0. The lowest BCUT2D eigenvalue weighted by Gasteiger charge is -1.98. The Balaban J connectivity index is 1.60. The Bertz CT molecular complexity index is 907. The highest BCUT2D eigenvalue weighted by molar-refractivity contribution is 7.15. The molecule has 1 amide bonds. The average molecular weight is 390 g/mol. The molecule has 0 saturated carbocycles. The summed E-state index contributed by atoms with van der Waals surface area (Å²) in [5.74, 6) is -0.283. The number of nitrogens with one attached hydrogen (secondary N) is 1. The van der Waals surface area contributed by atoms with Crippen LogP contribution in [0.5, 0.6) is 0 Å². The molecule has 7 heteroatoms. The summed E-state index contributed by atoms with van der Waals surface area (Å²) in [6, 6.07) is 14.8. The minimum atomic E-state index is -0.283. The summed E-state index contributed by atoms with van der Waals surface area (Å²) < 4.78 is 0. The van der Waals surface area contributed by atoms with E-state index in [1.165, 1.54) is 17.4 Å². The normalized spacial score (nSPS) is 11.0. The first kappa shape index (κ1) is 17.6. The van der Waals surface area contributed by atoms with Crippen molar-refractivity contribution in [3.63, 3.8) is 0 Å². The second-order valence-corrected chi connectivity index (χ2v) is 7.05. The lowest BCUT2D eigenvalue weighted by molar-refractivity contribution is -0.111. The molecular formula is C18H13Cl2N3OS. The van der Waals surface area contributed by atoms with Gasteiger partial charge in [0.25, 0.3) is 0 Å². The Hall–Kier alpha value is -2.21. The first-order valence-corrected chi connectivity index (χ1v) is 8.98. The Morgan fingerprint density at radius 1 is 1.08 bits per heavy atom. The molecule has 1 aromatic heterocycles. The second-order valence-electron chi connectivity index (χ2n) is 5.15. The Morgan fingerprint density at radius 2 is 1.84 bits per heavy atom. The number of anilines is 1. The Kier molecular flexibility index (Phi) is 5.81. The molecule has 0 fully saturated rings. The van der Waals surface area contributed by atoms with E-state index in [9.17, 15) is 4.79 Å². The summed E-state index contributed by atoms with van der Waals surface area (Å²) in [5.41, 5.74) is 1.86. The summed E-state index contributed by atoms with van der Waals surface area (Å²) in [7, 11) is 0. The van der Waals surface area contributed by atoms with Crippen LogP contribution in [0.4, 0.5) is 5.13 Å². The zero-order valence-electron chi connectivity index (χ0n) is 12.9. The van der Waals surface area contributed by atoms with Crippen LogP contribution in [0, 0.1) is 0 Å². The third kappa shape index (κ3) is 5.13. The lowest BCUT2D eigenvalue weighted by Crippen LogP contribution is -2.07. The highest BCUT2D eigenvalue weighted by Gasteiger charge is 2.07. The zero-order chi connectivity index (χ0) is 17.6. The summed E-state index contributed by atoms with van der Waals surface area (Å²) in [5, 5.41) is 13.3. The third-order valence-electron chi connectivity index (χ3n) is 3.29. The van der Waals surface area contributed by atoms with Crippen molar-refractivity contribution in [1.82, 2.24) is 10.2 Å². The molecule has 0 aliphatic carbocycles. The number of amides is 1. The van der Waals surface area contributed by atoms with Crippen LogP contribution >= 0.6 is 34.5 Å². The van der Waals surface area contributed by atoms with Gasteiger partial charge < -0.3 is 0 Å². The van der Waals surface area contributed by atoms with Crippen molar-refractivity contribution in [1.29, 1.82) is 0 Å². The van der Waals surface area contributed by atoms with Crippen molar-refractivity contribution in [3.05, 3.63) is 80.8 Å². The maximum atomic E-state index is 12.0. The van der Waals surface area contributed by atoms with Gasteiger partial charge in [-0.15, -0.1) is 10.2 Å². The van der Waals surface area contributed by atoms with Gasteiger partial charge in [0.15, 0.2) is 0 Å². The summed E-state index contributed by atoms with van der Waals surface area (Å²) in [4.78, 5) is 12.0. The van der Waals surface area contributed by atoms with Crippen LogP contribution in [-0.2, 0) is 11.2 Å². The monoisotopic (exact) mass is 389 g/mol. The first-order chi connectivity index (χ1) is 12.1. The summed E-state index contributed by atoms with van der Waals surface area (Å²) >= 11 is 13.3. The molecule has 3 aromatic rings. The van der Waals surface area contributed by atoms with Gasteiger partial charge in [0.2, 0.25) is 11.0 Å². The average Bonchev–Trinajstić information content (AvgIpc) is 3.03. The van der Waals surface area contributed by atoms with E-state index in [-0.39, 0.29) is 5.91 Å². The van der Waals surface area contributed by atoms with Crippen LogP contribution in [-0.4, -0.2) is 16.1 Å². The van der Waals surface area contributed by atoms with E-state index in [1.54, 1.807) is 12.1 Å². The maximum absolute atomic E-state index is 12.0. The van der Waals surface area contributed by atoms with E-state index >= 15 is 0 Å². The minimum Gasteiger partial charge on any atom is -0.297 e. The number of hydrogen-bond donors (Lipinski definition) is 1. The second kappa shape index (κ2) is 8.25. The summed E-state index contributed by atoms with van der Waals surface area (Å²) in [6.07, 6.45) is 3.72. The van der Waals surface area contributed by atoms with Gasteiger partial charge >= 0.3 is 0 Å². The molecule has 0 bridgehead atoms. The van der Waals surface area contributed by atoms with Crippen molar-refractivity contribution in [2.75, 3.05) is 5.32 Å². The van der Waals surface area contributed by atoms with E-state index in [4.69, 9.17) is 23.2 Å². The Morgan fingerprint density at radius 3 is 2.60 bits per heavy atom. The quantitative estimate of drug-likeness (QED) is 0.618. The number of hydrogen-bond acceptors (Lipinski definition) is 4. The van der Waals surface area contributed by atoms with Crippen LogP contribution in [0.25, 0.3) is 6.08 Å². The smallest absolute Gasteiger partial charge is 0.250 e. The molecule has 0 saturated heterocycles. The van der Waals surface area contributed by atoms with Gasteiger partial charge in [-0.25, -0.2) is 0 Å². The van der Waals surface area contributed by atoms with E-state index in [2.05, 4.69) is 15.5 Å². The standard InChI is InChI=1S/C18H13Cl2N3OS/c19-14-8-5-12(6-9-14)11-17-22-23-18(25-17)21-16(24)10-7-13-3-1-2-4-15(13)20/h1-10H,11H2,(H,21,23,24). The molecule has 0 aliphatic rings. The predicted molar refractivity (Wildman–Crippen MR) is 103 cm³/mol. The predicted octanol–water partition coefficient (Wildman–Crippen LogP) is 5.09. The van der Waals surface area contributed by atoms with E-state index in [1.807, 2.05) is 42.5 Å². The molecule has 0 atom stereocenters. The fourth-order valence-electron chi connectivity index (χ4n) is 2.08. The number of aromatic nitrogens is 2. The molecule has 0 aliphatic heterocycles. The number of benzene rings is 2. The molecular weight excluding hydrogens is 377 g/mol. The highest BCUT2D eigenvalue weighted by Crippen LogP contribution is 2.20. The minimum absolute atomic E-state index is 0.283. The van der Waals surface area contributed by atoms with Gasteiger partial charge in [-0.1, -0.05) is 64.9 Å². The van der Waals surface area contributed by atoms with Crippen molar-refractivity contribution in [3.8, 4) is 0 Å². The highest BCUT2D eigenvalue weighted by atomic mass is 35.5. The third-order valence-corrected chi connectivity index (χ3v) is 4.72. The van der Waals surface area contributed by atoms with E-state index in [0.717, 1.165) is 16.1 Å². The lowest BCUT2D eigenvalue weighted by atomic mass is 10.2. The molecule has 0 spiro atoms. The van der Waals surface area contributed by atoms with Crippen LogP contribution in [0.2, 0.25) is 10.0 Å². The number of carbonyl (C=O) groups excluding carboxylic acids is 1. The van der Waals surface area contributed by atoms with Crippen molar-refractivity contribution in [2.45, 2.75) is 6.42 Å². The number of nitrogens with zero attached hydrogens (tertiary/aromatic N) is 2. The van der Waals surface area contributed by atoms with Gasteiger partial charge in [0, 0.05) is 22.5 Å². The van der Waals surface area contributed by atoms with Gasteiger partial charge in [0.1, 0.15) is 5.01 Å². The molecule has 2 aromatic carbocycles. The molecule has 25 heavy (non-hydrogen) atoms. The van der Waals surface area contributed by atoms with Gasteiger partial charge in [-0.3, -0.25) is 10.1 Å². The SMILES string of the molecule is O=C(C=Cc1ccccc1Cl)Nc1nnc(Cc2ccc(Cl)cc2)s1. The van der Waals surface area contributed by atoms with Gasteiger partial charge in [-0.05, 0) is 35.4 Å². The zero-order valence-corrected chi connectivity index (χ0v) is 15.3. The molecule has 1 N–H and O–H groups in total. The fraction of sp³-hybridized carbons (Fsp3) is 0.0556. The topological polar surface area (TPSA) is 54.9 Å². The first-order valence-electron chi connectivity index (χ1n) is 7.40. The van der Waals surface area contributed by atoms with Gasteiger partial charge in [-0.2, -0.15) is 0 Å². The van der Waals surface area contributed by atoms with Crippen LogP contribution < -0.4 is 5.32 Å². The molecule has 4 nitrogen and oxygen atoms in total. The van der Waals surface area contributed by atoms with Crippen molar-refractivity contribution in [2.24, 2.45) is 0 Å². The Labute approximate surface area is 159 Å². The number of halogens is 2. The van der Waals surface area contributed by atoms with E-state index < -0.39 is 0 Å². The van der Waals surface area contributed by atoms with Crippen LogP contribution in [0.15, 0.2) is 54.6 Å². The number of rotatable bonds is 5. The van der Waals surface area contributed by atoms with E-state index in [0.29, 0.717) is 21.6 Å². The van der Waals surface area contributed by atoms with Crippen LogP contribution in [0.1, 0.15) is 16.1 Å². The molecule has 0 unspecified atom stereocenters. The fourth-order valence-corrected chi connectivity index (χ4v) is 3.18. The number of carbonyl (C=O) groups is 1. The maximum Gasteiger partial charge on any atom is 0.250 e. The largest absolute Gasteiger partial charge is 0.297 e. The van der Waals surface area contributed by atoms with Crippen molar-refractivity contribution < 1.29 is 4.79 Å². The molecule has 3 rings (SSSR count). The molecule has 0 radical (unpaired) electrons. The molecule has 1 heterocycles. The molecule has 126 valence electrons. The van der Waals surface area contributed by atoms with Crippen molar-refractivity contribution >= 4 is 51.7 Å². The van der Waals surface area contributed by atoms with Gasteiger partial charge in [0.05, 0.1) is 0 Å².